The van der Waals surface area contributed by atoms with Gasteiger partial charge in [0.25, 0.3) is 0 Å². The van der Waals surface area contributed by atoms with Crippen molar-refractivity contribution in [1.29, 1.82) is 0 Å². The van der Waals surface area contributed by atoms with Gasteiger partial charge in [0.15, 0.2) is 11.5 Å². The number of carbonyl (C=O) groups is 1. The second-order valence-corrected chi connectivity index (χ2v) is 9.88. The minimum atomic E-state index is -0.0538. The topological polar surface area (TPSA) is 67.8 Å². The molecule has 5 atom stereocenters. The summed E-state index contributed by atoms with van der Waals surface area (Å²) >= 11 is 3.44. The summed E-state index contributed by atoms with van der Waals surface area (Å²) in [6.45, 7) is 6.90. The number of phenolic OH excluding ortho intramolecular Hbond substituents is 1. The molecule has 0 aromatic heterocycles. The lowest BCUT2D eigenvalue weighted by atomic mass is 9.59. The van der Waals surface area contributed by atoms with Gasteiger partial charge in [-0.15, -0.1) is 0 Å². The summed E-state index contributed by atoms with van der Waals surface area (Å²) in [4.78, 5) is 12.0. The average molecular weight is 438 g/mol. The highest BCUT2D eigenvalue weighted by atomic mass is 79.9. The van der Waals surface area contributed by atoms with Gasteiger partial charge in [-0.3, -0.25) is 4.79 Å². The summed E-state index contributed by atoms with van der Waals surface area (Å²) < 4.78 is 12.2. The van der Waals surface area contributed by atoms with Gasteiger partial charge < -0.3 is 19.9 Å². The van der Waals surface area contributed by atoms with Crippen LogP contribution in [0.1, 0.15) is 51.7 Å². The molecule has 0 unspecified atom stereocenters. The molecule has 2 aliphatic carbocycles. The van der Waals surface area contributed by atoms with Gasteiger partial charge in [-0.1, -0.05) is 13.8 Å². The Balaban J connectivity index is 1.74. The minimum Gasteiger partial charge on any atom is -0.503 e. The van der Waals surface area contributed by atoms with Crippen LogP contribution >= 0.6 is 15.9 Å². The number of fused-ring (bicyclic) bond motifs is 1. The number of methoxy groups -OCH3 is 1. The van der Waals surface area contributed by atoms with Gasteiger partial charge in [-0.25, -0.2) is 0 Å². The molecule has 3 aliphatic rings. The van der Waals surface area contributed by atoms with Crippen LogP contribution in [0.2, 0.25) is 0 Å². The van der Waals surface area contributed by atoms with E-state index in [1.807, 2.05) is 12.1 Å². The lowest BCUT2D eigenvalue weighted by Gasteiger charge is -2.53. The Bertz CT molecular complexity index is 780. The maximum absolute atomic E-state index is 12.0. The molecule has 27 heavy (non-hydrogen) atoms. The number of phenols is 1. The number of hydrogen-bond donors (Lipinski definition) is 2. The molecule has 2 bridgehead atoms. The Morgan fingerprint density at radius 1 is 1.41 bits per heavy atom. The molecule has 1 spiro atoms. The minimum absolute atomic E-state index is 0.0471. The molecule has 1 aromatic carbocycles. The summed E-state index contributed by atoms with van der Waals surface area (Å²) in [6, 6.07) is 3.99. The van der Waals surface area contributed by atoms with E-state index in [9.17, 15) is 9.90 Å². The molecule has 148 valence electrons. The number of halogens is 1. The van der Waals surface area contributed by atoms with Gasteiger partial charge in [-0.2, -0.15) is 0 Å². The number of benzene rings is 1. The molecule has 1 amide bonds. The van der Waals surface area contributed by atoms with Crippen molar-refractivity contribution in [3.05, 3.63) is 22.2 Å². The van der Waals surface area contributed by atoms with E-state index in [1.54, 1.807) is 14.0 Å². The summed E-state index contributed by atoms with van der Waals surface area (Å²) in [6.07, 6.45) is 3.18. The molecule has 1 aromatic rings. The number of carbonyl (C=O) groups excluding carboxylic acids is 1. The molecule has 2 N–H and O–H groups in total. The van der Waals surface area contributed by atoms with Crippen LogP contribution in [0.4, 0.5) is 0 Å². The van der Waals surface area contributed by atoms with Crippen LogP contribution in [0, 0.1) is 22.7 Å². The van der Waals surface area contributed by atoms with Crippen molar-refractivity contribution in [1.82, 2.24) is 5.32 Å². The number of amides is 1. The Morgan fingerprint density at radius 2 is 2.15 bits per heavy atom. The first-order valence-electron chi connectivity index (χ1n) is 9.66. The van der Waals surface area contributed by atoms with Gasteiger partial charge in [0.1, 0.15) is 0 Å². The fourth-order valence-electron chi connectivity index (χ4n) is 6.23. The second-order valence-electron chi connectivity index (χ2n) is 9.03. The number of ether oxygens (including phenoxy) is 2. The Morgan fingerprint density at radius 3 is 2.81 bits per heavy atom. The molecule has 1 saturated heterocycles. The summed E-state index contributed by atoms with van der Waals surface area (Å²) in [5, 5.41) is 13.5. The van der Waals surface area contributed by atoms with Gasteiger partial charge in [-0.05, 0) is 75.6 Å². The predicted octanol–water partition coefficient (Wildman–Crippen LogP) is 4.18. The van der Waals surface area contributed by atoms with Crippen molar-refractivity contribution in [2.45, 2.75) is 52.2 Å². The Hall–Kier alpha value is -1.27. The standard InChI is InChI=1S/C21H28BrNO4/c1-11(24)23-19-20(2,3)13-9-14-18(27-6-5-21(14,19)10-13)12-7-15(22)17(25)16(8-12)26-4/h7-8,13-14,18-19,25H,5-6,9-10H2,1-4H3,(H,23,24)/t13-,14-,18-,19+,21-/m1/s1. The molecule has 2 saturated carbocycles. The van der Waals surface area contributed by atoms with Gasteiger partial charge in [0.05, 0.1) is 17.7 Å². The third-order valence-corrected chi connectivity index (χ3v) is 8.06. The summed E-state index contributed by atoms with van der Waals surface area (Å²) in [7, 11) is 1.56. The SMILES string of the molecule is COc1cc([C@H]2OCC[C@@]34C[C@@H](C[C@H]23)C(C)(C)[C@@H]4NC(C)=O)cc(Br)c1O. The molecular weight excluding hydrogens is 410 g/mol. The first kappa shape index (κ1) is 19.1. The molecule has 3 fully saturated rings. The van der Waals surface area contributed by atoms with Crippen LogP contribution in [-0.4, -0.2) is 30.8 Å². The third kappa shape index (κ3) is 2.70. The molecule has 6 heteroatoms. The fraction of sp³-hybridized carbons (Fsp3) is 0.667. The van der Waals surface area contributed by atoms with Crippen LogP contribution in [0.3, 0.4) is 0 Å². The zero-order chi connectivity index (χ0) is 19.6. The molecule has 1 aliphatic heterocycles. The number of rotatable bonds is 3. The van der Waals surface area contributed by atoms with Crippen LogP contribution < -0.4 is 10.1 Å². The molecule has 1 heterocycles. The van der Waals surface area contributed by atoms with Gasteiger partial charge >= 0.3 is 0 Å². The van der Waals surface area contributed by atoms with E-state index < -0.39 is 0 Å². The van der Waals surface area contributed by atoms with E-state index in [1.165, 1.54) is 0 Å². The lowest BCUT2D eigenvalue weighted by Crippen LogP contribution is -2.58. The van der Waals surface area contributed by atoms with E-state index in [0.29, 0.717) is 28.7 Å². The lowest BCUT2D eigenvalue weighted by molar-refractivity contribution is -0.136. The monoisotopic (exact) mass is 437 g/mol. The summed E-state index contributed by atoms with van der Waals surface area (Å²) in [5.41, 5.74) is 1.19. The van der Waals surface area contributed by atoms with E-state index in [2.05, 4.69) is 35.1 Å². The predicted molar refractivity (Wildman–Crippen MR) is 106 cm³/mol. The quantitative estimate of drug-likeness (QED) is 0.743. The zero-order valence-electron chi connectivity index (χ0n) is 16.3. The number of nitrogens with one attached hydrogen (secondary N) is 1. The highest BCUT2D eigenvalue weighted by Gasteiger charge is 2.68. The molecular formula is C21H28BrNO4. The van der Waals surface area contributed by atoms with Crippen LogP contribution in [0.5, 0.6) is 11.5 Å². The van der Waals surface area contributed by atoms with Crippen molar-refractivity contribution in [2.24, 2.45) is 22.7 Å². The van der Waals surface area contributed by atoms with Crippen molar-refractivity contribution < 1.29 is 19.4 Å². The second kappa shape index (κ2) is 6.38. The van der Waals surface area contributed by atoms with E-state index in [0.717, 1.165) is 24.8 Å². The van der Waals surface area contributed by atoms with Crippen molar-refractivity contribution >= 4 is 21.8 Å². The largest absolute Gasteiger partial charge is 0.503 e. The third-order valence-electron chi connectivity index (χ3n) is 7.45. The average Bonchev–Trinajstić information content (AvgIpc) is 3.10. The number of hydrogen-bond acceptors (Lipinski definition) is 4. The maximum atomic E-state index is 12.0. The van der Waals surface area contributed by atoms with E-state index in [4.69, 9.17) is 9.47 Å². The van der Waals surface area contributed by atoms with E-state index >= 15 is 0 Å². The number of aromatic hydroxyl groups is 1. The van der Waals surface area contributed by atoms with Crippen LogP contribution in [-0.2, 0) is 9.53 Å². The molecule has 0 radical (unpaired) electrons. The van der Waals surface area contributed by atoms with Crippen molar-refractivity contribution in [3.63, 3.8) is 0 Å². The van der Waals surface area contributed by atoms with Gasteiger partial charge in [0.2, 0.25) is 5.91 Å². The van der Waals surface area contributed by atoms with Crippen LogP contribution in [0.25, 0.3) is 0 Å². The van der Waals surface area contributed by atoms with Gasteiger partial charge in [0, 0.05) is 19.6 Å². The molecule has 4 rings (SSSR count). The highest BCUT2D eigenvalue weighted by Crippen LogP contribution is 2.70. The smallest absolute Gasteiger partial charge is 0.217 e. The van der Waals surface area contributed by atoms with Crippen molar-refractivity contribution in [2.75, 3.05) is 13.7 Å². The van der Waals surface area contributed by atoms with Crippen LogP contribution in [0.15, 0.2) is 16.6 Å². The zero-order valence-corrected chi connectivity index (χ0v) is 17.9. The maximum Gasteiger partial charge on any atom is 0.217 e. The Kier molecular flexibility index (Phi) is 4.50. The highest BCUT2D eigenvalue weighted by molar-refractivity contribution is 9.10. The Labute approximate surface area is 168 Å². The first-order valence-corrected chi connectivity index (χ1v) is 10.4. The molecule has 5 nitrogen and oxygen atoms in total. The van der Waals surface area contributed by atoms with Crippen molar-refractivity contribution in [3.8, 4) is 11.5 Å². The first-order chi connectivity index (χ1) is 12.7. The summed E-state index contributed by atoms with van der Waals surface area (Å²) in [5.74, 6) is 1.53. The van der Waals surface area contributed by atoms with E-state index in [-0.39, 0.29) is 34.6 Å². The fourth-order valence-corrected chi connectivity index (χ4v) is 6.69. The normalized spacial score (nSPS) is 36.3.